The topological polar surface area (TPSA) is 128 Å². The molecule has 1 aliphatic rings. The van der Waals surface area contributed by atoms with Crippen molar-refractivity contribution in [2.45, 2.75) is 18.9 Å². The lowest BCUT2D eigenvalue weighted by Gasteiger charge is -2.13. The Morgan fingerprint density at radius 3 is 2.92 bits per heavy atom. The third-order valence-corrected chi connectivity index (χ3v) is 4.14. The van der Waals surface area contributed by atoms with Gasteiger partial charge in [-0.25, -0.2) is 9.97 Å². The van der Waals surface area contributed by atoms with E-state index in [1.807, 2.05) is 6.07 Å². The summed E-state index contributed by atoms with van der Waals surface area (Å²) in [6.07, 6.45) is 8.55. The molecule has 0 spiro atoms. The molecule has 0 radical (unpaired) electrons. The van der Waals surface area contributed by atoms with E-state index in [-0.39, 0.29) is 11.9 Å². The highest BCUT2D eigenvalue weighted by molar-refractivity contribution is 5.61. The number of rotatable bonds is 3. The molecule has 1 fully saturated rings. The third-order valence-electron chi connectivity index (χ3n) is 4.14. The van der Waals surface area contributed by atoms with Crippen LogP contribution in [0.1, 0.15) is 30.4 Å². The van der Waals surface area contributed by atoms with E-state index in [2.05, 4.69) is 31.3 Å². The molecule has 3 aromatic heterocycles. The minimum atomic E-state index is -0.160. The van der Waals surface area contributed by atoms with Gasteiger partial charge in [0.05, 0.1) is 18.1 Å². The van der Waals surface area contributed by atoms with Gasteiger partial charge >= 0.3 is 0 Å². The van der Waals surface area contributed by atoms with Crippen molar-refractivity contribution in [3.63, 3.8) is 0 Å². The smallest absolute Gasteiger partial charge is 0.278 e. The monoisotopic (exact) mass is 344 g/mol. The number of nitriles is 2. The van der Waals surface area contributed by atoms with Crippen LogP contribution in [0.2, 0.25) is 0 Å². The molecule has 1 saturated heterocycles. The van der Waals surface area contributed by atoms with Crippen LogP contribution in [0.15, 0.2) is 35.2 Å². The van der Waals surface area contributed by atoms with Crippen LogP contribution in [0, 0.1) is 22.8 Å². The van der Waals surface area contributed by atoms with Crippen molar-refractivity contribution in [2.24, 2.45) is 0 Å². The van der Waals surface area contributed by atoms with E-state index < -0.39 is 0 Å². The molecule has 9 heteroatoms. The van der Waals surface area contributed by atoms with Crippen LogP contribution < -0.4 is 0 Å². The maximum atomic E-state index is 9.17. The lowest BCUT2D eigenvalue weighted by molar-refractivity contribution is 0.339. The molecule has 0 bridgehead atoms. The molecule has 0 saturated carbocycles. The molecule has 0 N–H and O–H groups in total. The standard InChI is InChI=1S/C17H12N8O/c18-7-12-6-11(3-4-21-12)13-8-20-9-14(22-13)17-23-16(24-26-17)15-2-1-5-25(15)10-19/h3-4,6,8-9,15H,1-2,5H2/t15-/m0/s1. The fraction of sp³-hybridized carbons (Fsp3) is 0.235. The van der Waals surface area contributed by atoms with Crippen molar-refractivity contribution in [2.75, 3.05) is 6.54 Å². The average molecular weight is 344 g/mol. The fourth-order valence-electron chi connectivity index (χ4n) is 2.89. The predicted molar refractivity (Wildman–Crippen MR) is 87.6 cm³/mol. The van der Waals surface area contributed by atoms with Gasteiger partial charge in [0.25, 0.3) is 5.89 Å². The van der Waals surface area contributed by atoms with Crippen LogP contribution in [0.25, 0.3) is 22.8 Å². The SMILES string of the molecule is N#Cc1cc(-c2cncc(-c3nc([C@@H]4CCCN4C#N)no3)n2)ccn1. The molecule has 1 atom stereocenters. The molecule has 26 heavy (non-hydrogen) atoms. The molecule has 0 amide bonds. The van der Waals surface area contributed by atoms with E-state index in [0.717, 1.165) is 18.4 Å². The van der Waals surface area contributed by atoms with Gasteiger partial charge in [-0.1, -0.05) is 5.16 Å². The van der Waals surface area contributed by atoms with Gasteiger partial charge in [0, 0.05) is 18.3 Å². The molecule has 126 valence electrons. The molecule has 9 nitrogen and oxygen atoms in total. The number of hydrogen-bond acceptors (Lipinski definition) is 9. The average Bonchev–Trinajstić information content (AvgIpc) is 3.37. The highest BCUT2D eigenvalue weighted by Gasteiger charge is 2.29. The van der Waals surface area contributed by atoms with Gasteiger partial charge in [-0.2, -0.15) is 15.5 Å². The highest BCUT2D eigenvalue weighted by atomic mass is 16.5. The zero-order valence-corrected chi connectivity index (χ0v) is 13.6. The largest absolute Gasteiger partial charge is 0.332 e. The number of likely N-dealkylation sites (tertiary alicyclic amines) is 1. The lowest BCUT2D eigenvalue weighted by atomic mass is 10.2. The molecule has 0 aromatic carbocycles. The summed E-state index contributed by atoms with van der Waals surface area (Å²) in [5.74, 6) is 0.718. The summed E-state index contributed by atoms with van der Waals surface area (Å²) in [4.78, 5) is 18.7. The number of pyridine rings is 1. The first-order chi connectivity index (χ1) is 12.8. The van der Waals surface area contributed by atoms with Gasteiger partial charge in [0.2, 0.25) is 0 Å². The zero-order valence-electron chi connectivity index (χ0n) is 13.6. The Balaban J connectivity index is 1.65. The first-order valence-electron chi connectivity index (χ1n) is 7.97. The van der Waals surface area contributed by atoms with Gasteiger partial charge in [-0.3, -0.25) is 9.88 Å². The number of aromatic nitrogens is 5. The second-order valence-electron chi connectivity index (χ2n) is 5.74. The molecular formula is C17H12N8O. The minimum absolute atomic E-state index is 0.160. The van der Waals surface area contributed by atoms with Crippen LogP contribution in [0.5, 0.6) is 0 Å². The van der Waals surface area contributed by atoms with E-state index in [9.17, 15) is 0 Å². The van der Waals surface area contributed by atoms with Crippen LogP contribution in [-0.2, 0) is 0 Å². The Kier molecular flexibility index (Phi) is 3.96. The Bertz CT molecular complexity index is 1030. The summed E-state index contributed by atoms with van der Waals surface area (Å²) in [7, 11) is 0. The van der Waals surface area contributed by atoms with Gasteiger partial charge in [0.1, 0.15) is 23.5 Å². The third kappa shape index (κ3) is 2.82. The van der Waals surface area contributed by atoms with Crippen LogP contribution >= 0.6 is 0 Å². The molecule has 0 aliphatic carbocycles. The highest BCUT2D eigenvalue weighted by Crippen LogP contribution is 2.30. The summed E-state index contributed by atoms with van der Waals surface area (Å²) < 4.78 is 5.33. The summed E-state index contributed by atoms with van der Waals surface area (Å²) in [6, 6.07) is 5.22. The van der Waals surface area contributed by atoms with Gasteiger partial charge in [0.15, 0.2) is 12.0 Å². The van der Waals surface area contributed by atoms with Crippen molar-refractivity contribution < 1.29 is 4.52 Å². The molecule has 4 rings (SSSR count). The van der Waals surface area contributed by atoms with Gasteiger partial charge < -0.3 is 4.52 Å². The predicted octanol–water partition coefficient (Wildman–Crippen LogP) is 2.08. The van der Waals surface area contributed by atoms with E-state index in [4.69, 9.17) is 15.0 Å². The summed E-state index contributed by atoms with van der Waals surface area (Å²) in [6.45, 7) is 0.698. The zero-order chi connectivity index (χ0) is 17.9. The van der Waals surface area contributed by atoms with E-state index >= 15 is 0 Å². The van der Waals surface area contributed by atoms with Crippen molar-refractivity contribution in [3.05, 3.63) is 42.2 Å². The van der Waals surface area contributed by atoms with Crippen LogP contribution in [0.4, 0.5) is 0 Å². The maximum Gasteiger partial charge on any atom is 0.278 e. The summed E-state index contributed by atoms with van der Waals surface area (Å²) >= 11 is 0. The van der Waals surface area contributed by atoms with Crippen molar-refractivity contribution in [1.29, 1.82) is 10.5 Å². The molecule has 0 unspecified atom stereocenters. The first-order valence-corrected chi connectivity index (χ1v) is 7.97. The van der Waals surface area contributed by atoms with E-state index in [0.29, 0.717) is 29.5 Å². The van der Waals surface area contributed by atoms with Crippen molar-refractivity contribution in [1.82, 2.24) is 30.0 Å². The van der Waals surface area contributed by atoms with Crippen molar-refractivity contribution in [3.8, 4) is 35.1 Å². The molecule has 4 heterocycles. The number of hydrogen-bond donors (Lipinski definition) is 0. The Morgan fingerprint density at radius 1 is 1.19 bits per heavy atom. The molecule has 3 aromatic rings. The first kappa shape index (κ1) is 15.7. The maximum absolute atomic E-state index is 9.17. The van der Waals surface area contributed by atoms with Crippen LogP contribution in [-0.4, -0.2) is 36.5 Å². The van der Waals surface area contributed by atoms with Gasteiger partial charge in [-0.15, -0.1) is 0 Å². The quantitative estimate of drug-likeness (QED) is 0.655. The summed E-state index contributed by atoms with van der Waals surface area (Å²) in [5.41, 5.74) is 2.02. The normalized spacial score (nSPS) is 16.2. The van der Waals surface area contributed by atoms with Gasteiger partial charge in [-0.05, 0) is 25.0 Å². The Labute approximate surface area is 148 Å². The van der Waals surface area contributed by atoms with E-state index in [1.54, 1.807) is 29.4 Å². The summed E-state index contributed by atoms with van der Waals surface area (Å²) in [5, 5.41) is 22.2. The molecular weight excluding hydrogens is 332 g/mol. The van der Waals surface area contributed by atoms with Crippen molar-refractivity contribution >= 4 is 0 Å². The Morgan fingerprint density at radius 2 is 2.08 bits per heavy atom. The second kappa shape index (κ2) is 6.57. The molecule has 1 aliphatic heterocycles. The lowest BCUT2D eigenvalue weighted by Crippen LogP contribution is -2.17. The van der Waals surface area contributed by atoms with E-state index in [1.165, 1.54) is 6.20 Å². The second-order valence-corrected chi connectivity index (χ2v) is 5.74. The number of nitrogens with zero attached hydrogens (tertiary/aromatic N) is 8. The van der Waals surface area contributed by atoms with Crippen LogP contribution in [0.3, 0.4) is 0 Å². The minimum Gasteiger partial charge on any atom is -0.332 e. The fourth-order valence-corrected chi connectivity index (χ4v) is 2.89. The Hall–Kier alpha value is -3.85.